The van der Waals surface area contributed by atoms with Crippen LogP contribution in [0.1, 0.15) is 17.2 Å². The number of fused-ring (bicyclic) bond motifs is 1. The SMILES string of the molecule is O=C(O)[C@H](c1ccoc1)N1CCN(Cc2ccc3c(c2)OCO3)CC1. The standard InChI is InChI=1S/C18H20N2O5/c21-18(22)17(14-3-8-23-11-14)20-6-4-19(5-7-20)10-13-1-2-15-16(9-13)25-12-24-15/h1-3,8-9,11,17H,4-7,10,12H2,(H,21,22)/t17-/m0/s1. The van der Waals surface area contributed by atoms with Crippen molar-refractivity contribution in [3.05, 3.63) is 47.9 Å². The first-order valence-electron chi connectivity index (χ1n) is 8.30. The van der Waals surface area contributed by atoms with Gasteiger partial charge in [0.05, 0.1) is 12.5 Å². The molecule has 0 saturated carbocycles. The first kappa shape index (κ1) is 16.0. The zero-order valence-electron chi connectivity index (χ0n) is 13.8. The van der Waals surface area contributed by atoms with Crippen LogP contribution in [0.3, 0.4) is 0 Å². The number of carboxylic acid groups (broad SMARTS) is 1. The molecule has 1 fully saturated rings. The number of hydrogen-bond acceptors (Lipinski definition) is 6. The summed E-state index contributed by atoms with van der Waals surface area (Å²) in [4.78, 5) is 16.0. The van der Waals surface area contributed by atoms with E-state index in [1.54, 1.807) is 6.07 Å². The quantitative estimate of drug-likeness (QED) is 0.888. The van der Waals surface area contributed by atoms with Crippen molar-refractivity contribution in [2.45, 2.75) is 12.6 Å². The van der Waals surface area contributed by atoms with Crippen molar-refractivity contribution in [2.75, 3.05) is 33.0 Å². The van der Waals surface area contributed by atoms with Gasteiger partial charge < -0.3 is 19.0 Å². The molecule has 3 heterocycles. The van der Waals surface area contributed by atoms with Crippen molar-refractivity contribution in [1.82, 2.24) is 9.80 Å². The third-order valence-electron chi connectivity index (χ3n) is 4.71. The first-order valence-corrected chi connectivity index (χ1v) is 8.30. The number of hydrogen-bond donors (Lipinski definition) is 1. The Morgan fingerprint density at radius 3 is 2.64 bits per heavy atom. The number of carbonyl (C=O) groups is 1. The Hall–Kier alpha value is -2.51. The number of ether oxygens (including phenoxy) is 2. The number of nitrogens with zero attached hydrogens (tertiary/aromatic N) is 2. The highest BCUT2D eigenvalue weighted by Gasteiger charge is 2.31. The van der Waals surface area contributed by atoms with Crippen LogP contribution in [-0.2, 0) is 11.3 Å². The lowest BCUT2D eigenvalue weighted by atomic mass is 10.1. The molecule has 132 valence electrons. The zero-order chi connectivity index (χ0) is 17.2. The van der Waals surface area contributed by atoms with Crippen molar-refractivity contribution in [3.63, 3.8) is 0 Å². The summed E-state index contributed by atoms with van der Waals surface area (Å²) in [6, 6.07) is 7.07. The zero-order valence-corrected chi connectivity index (χ0v) is 13.8. The molecule has 1 aromatic heterocycles. The fourth-order valence-electron chi connectivity index (χ4n) is 3.42. The number of furan rings is 1. The fourth-order valence-corrected chi connectivity index (χ4v) is 3.42. The van der Waals surface area contributed by atoms with Crippen molar-refractivity contribution >= 4 is 5.97 Å². The molecule has 1 aromatic carbocycles. The van der Waals surface area contributed by atoms with E-state index in [1.807, 2.05) is 23.1 Å². The van der Waals surface area contributed by atoms with Gasteiger partial charge in [0, 0.05) is 38.3 Å². The minimum absolute atomic E-state index is 0.280. The largest absolute Gasteiger partial charge is 0.480 e. The van der Waals surface area contributed by atoms with Gasteiger partial charge in [0.25, 0.3) is 0 Å². The van der Waals surface area contributed by atoms with Crippen LogP contribution in [0.15, 0.2) is 41.2 Å². The Morgan fingerprint density at radius 2 is 1.92 bits per heavy atom. The second-order valence-corrected chi connectivity index (χ2v) is 6.30. The smallest absolute Gasteiger partial charge is 0.325 e. The Bertz CT molecular complexity index is 738. The average molecular weight is 344 g/mol. The summed E-state index contributed by atoms with van der Waals surface area (Å²) < 4.78 is 15.8. The van der Waals surface area contributed by atoms with Crippen LogP contribution < -0.4 is 9.47 Å². The molecule has 25 heavy (non-hydrogen) atoms. The van der Waals surface area contributed by atoms with Gasteiger partial charge in [-0.3, -0.25) is 14.6 Å². The van der Waals surface area contributed by atoms with Crippen LogP contribution in [0, 0.1) is 0 Å². The molecular formula is C18H20N2O5. The Morgan fingerprint density at radius 1 is 1.12 bits per heavy atom. The van der Waals surface area contributed by atoms with Crippen molar-refractivity contribution in [1.29, 1.82) is 0 Å². The van der Waals surface area contributed by atoms with Crippen LogP contribution in [0.2, 0.25) is 0 Å². The molecule has 2 aromatic rings. The summed E-state index contributed by atoms with van der Waals surface area (Å²) in [5, 5.41) is 9.57. The van der Waals surface area contributed by atoms with Gasteiger partial charge in [-0.2, -0.15) is 0 Å². The highest BCUT2D eigenvalue weighted by molar-refractivity contribution is 5.75. The first-order chi connectivity index (χ1) is 12.2. The normalized spacial score (nSPS) is 19.0. The highest BCUT2D eigenvalue weighted by atomic mass is 16.7. The minimum Gasteiger partial charge on any atom is -0.480 e. The van der Waals surface area contributed by atoms with Gasteiger partial charge in [0.2, 0.25) is 6.79 Å². The molecule has 0 amide bonds. The summed E-state index contributed by atoms with van der Waals surface area (Å²) in [6.07, 6.45) is 3.03. The molecule has 0 bridgehead atoms. The van der Waals surface area contributed by atoms with E-state index < -0.39 is 12.0 Å². The van der Waals surface area contributed by atoms with Crippen molar-refractivity contribution in [2.24, 2.45) is 0 Å². The molecule has 7 heteroatoms. The minimum atomic E-state index is -0.842. The number of aliphatic carboxylic acids is 1. The second kappa shape index (κ2) is 6.78. The predicted molar refractivity (Wildman–Crippen MR) is 88.5 cm³/mol. The number of benzene rings is 1. The molecule has 1 N–H and O–H groups in total. The highest BCUT2D eigenvalue weighted by Crippen LogP contribution is 2.33. The van der Waals surface area contributed by atoms with E-state index in [0.29, 0.717) is 18.7 Å². The lowest BCUT2D eigenvalue weighted by Crippen LogP contribution is -2.48. The van der Waals surface area contributed by atoms with E-state index in [1.165, 1.54) is 18.1 Å². The summed E-state index contributed by atoms with van der Waals surface area (Å²) in [7, 11) is 0. The van der Waals surface area contributed by atoms with Crippen LogP contribution in [0.5, 0.6) is 11.5 Å². The van der Waals surface area contributed by atoms with Crippen LogP contribution in [-0.4, -0.2) is 53.8 Å². The van der Waals surface area contributed by atoms with E-state index in [2.05, 4.69) is 4.90 Å². The van der Waals surface area contributed by atoms with Gasteiger partial charge in [-0.15, -0.1) is 0 Å². The number of rotatable bonds is 5. The maximum atomic E-state index is 11.7. The predicted octanol–water partition coefficient (Wildman–Crippen LogP) is 1.95. The molecule has 1 atom stereocenters. The third-order valence-corrected chi connectivity index (χ3v) is 4.71. The maximum Gasteiger partial charge on any atom is 0.325 e. The van der Waals surface area contributed by atoms with E-state index >= 15 is 0 Å². The van der Waals surface area contributed by atoms with Crippen molar-refractivity contribution < 1.29 is 23.8 Å². The summed E-state index contributed by atoms with van der Waals surface area (Å²) in [5.41, 5.74) is 1.86. The summed E-state index contributed by atoms with van der Waals surface area (Å²) >= 11 is 0. The van der Waals surface area contributed by atoms with Gasteiger partial charge in [-0.05, 0) is 23.8 Å². The molecule has 0 spiro atoms. The van der Waals surface area contributed by atoms with E-state index in [0.717, 1.165) is 31.1 Å². The Labute approximate surface area is 145 Å². The summed E-state index contributed by atoms with van der Waals surface area (Å²) in [6.45, 7) is 4.13. The lowest BCUT2D eigenvalue weighted by molar-refractivity contribution is -0.144. The van der Waals surface area contributed by atoms with E-state index in [9.17, 15) is 9.90 Å². The fraction of sp³-hybridized carbons (Fsp3) is 0.389. The Kier molecular flexibility index (Phi) is 4.33. The topological polar surface area (TPSA) is 75.4 Å². The molecule has 2 aliphatic rings. The molecule has 0 unspecified atom stereocenters. The van der Waals surface area contributed by atoms with Crippen LogP contribution in [0.25, 0.3) is 0 Å². The maximum absolute atomic E-state index is 11.7. The van der Waals surface area contributed by atoms with E-state index in [-0.39, 0.29) is 6.79 Å². The van der Waals surface area contributed by atoms with Crippen LogP contribution >= 0.6 is 0 Å². The number of piperazine rings is 1. The molecule has 4 rings (SSSR count). The van der Waals surface area contributed by atoms with Gasteiger partial charge in [0.1, 0.15) is 6.04 Å². The third kappa shape index (κ3) is 3.33. The van der Waals surface area contributed by atoms with Gasteiger partial charge >= 0.3 is 5.97 Å². The van der Waals surface area contributed by atoms with Gasteiger partial charge in [0.15, 0.2) is 11.5 Å². The Balaban J connectivity index is 1.37. The van der Waals surface area contributed by atoms with E-state index in [4.69, 9.17) is 13.9 Å². The lowest BCUT2D eigenvalue weighted by Gasteiger charge is -2.37. The molecule has 1 saturated heterocycles. The summed E-state index contributed by atoms with van der Waals surface area (Å²) in [5.74, 6) is 0.741. The molecule has 0 radical (unpaired) electrons. The number of carboxylic acids is 1. The monoisotopic (exact) mass is 344 g/mol. The van der Waals surface area contributed by atoms with Crippen LogP contribution in [0.4, 0.5) is 0 Å². The van der Waals surface area contributed by atoms with Gasteiger partial charge in [-0.25, -0.2) is 0 Å². The molecule has 2 aliphatic heterocycles. The molecule has 7 nitrogen and oxygen atoms in total. The average Bonchev–Trinajstić information content (AvgIpc) is 3.27. The molecular weight excluding hydrogens is 324 g/mol. The molecule has 0 aliphatic carbocycles. The second-order valence-electron chi connectivity index (χ2n) is 6.30. The van der Waals surface area contributed by atoms with Crippen molar-refractivity contribution in [3.8, 4) is 11.5 Å². The van der Waals surface area contributed by atoms with Gasteiger partial charge in [-0.1, -0.05) is 6.07 Å².